The highest BCUT2D eigenvalue weighted by molar-refractivity contribution is 7.99. The third kappa shape index (κ3) is 3.45. The summed E-state index contributed by atoms with van der Waals surface area (Å²) >= 11 is 1.44. The minimum Gasteiger partial charge on any atom is -0.416 e. The minimum atomic E-state index is 0.551. The summed E-state index contributed by atoms with van der Waals surface area (Å²) < 4.78 is 5.31. The molecule has 0 amide bonds. The number of nitrogens with zero attached hydrogens (tertiary/aromatic N) is 3. The van der Waals surface area contributed by atoms with Crippen molar-refractivity contribution in [1.82, 2.24) is 15.2 Å². The van der Waals surface area contributed by atoms with Gasteiger partial charge in [-0.2, -0.15) is 0 Å². The average molecular weight is 250 g/mol. The highest BCUT2D eigenvalue weighted by Gasteiger charge is 2.05. The number of hydrogen-bond donors (Lipinski definition) is 1. The fraction of sp³-hybridized carbons (Fsp3) is 0.364. The van der Waals surface area contributed by atoms with Crippen LogP contribution in [0.1, 0.15) is 19.2 Å². The van der Waals surface area contributed by atoms with Gasteiger partial charge in [0.05, 0.1) is 0 Å². The van der Waals surface area contributed by atoms with Crippen molar-refractivity contribution in [2.75, 3.05) is 11.9 Å². The molecule has 17 heavy (non-hydrogen) atoms. The molecule has 2 aromatic rings. The molecule has 6 heteroatoms. The van der Waals surface area contributed by atoms with E-state index >= 15 is 0 Å². The zero-order valence-electron chi connectivity index (χ0n) is 9.80. The van der Waals surface area contributed by atoms with Crippen molar-refractivity contribution in [3.8, 4) is 0 Å². The molecule has 0 aromatic carbocycles. The van der Waals surface area contributed by atoms with Gasteiger partial charge in [0.2, 0.25) is 5.89 Å². The first-order valence-electron chi connectivity index (χ1n) is 5.46. The van der Waals surface area contributed by atoms with Gasteiger partial charge in [-0.1, -0.05) is 6.92 Å². The number of anilines is 1. The van der Waals surface area contributed by atoms with E-state index in [1.807, 2.05) is 12.1 Å². The Kier molecular flexibility index (Phi) is 3.98. The van der Waals surface area contributed by atoms with Crippen LogP contribution in [0.5, 0.6) is 0 Å². The van der Waals surface area contributed by atoms with Crippen molar-refractivity contribution < 1.29 is 4.42 Å². The van der Waals surface area contributed by atoms with Crippen molar-refractivity contribution in [1.29, 1.82) is 0 Å². The van der Waals surface area contributed by atoms with Crippen molar-refractivity contribution in [2.45, 2.75) is 30.4 Å². The van der Waals surface area contributed by atoms with Crippen molar-refractivity contribution in [3.05, 3.63) is 24.2 Å². The lowest BCUT2D eigenvalue weighted by atomic mass is 10.4. The Bertz CT molecular complexity index is 486. The predicted octanol–water partition coefficient (Wildman–Crippen LogP) is 2.75. The zero-order valence-corrected chi connectivity index (χ0v) is 10.6. The molecule has 0 spiro atoms. The maximum atomic E-state index is 5.31. The van der Waals surface area contributed by atoms with E-state index in [9.17, 15) is 0 Å². The van der Waals surface area contributed by atoms with Crippen LogP contribution in [0.3, 0.4) is 0 Å². The maximum absolute atomic E-state index is 5.31. The van der Waals surface area contributed by atoms with E-state index in [1.54, 1.807) is 13.1 Å². The van der Waals surface area contributed by atoms with Gasteiger partial charge in [-0.25, -0.2) is 4.98 Å². The SMILES string of the molecule is CCCNc1cc(Sc2nnc(C)o2)ccn1. The highest BCUT2D eigenvalue weighted by Crippen LogP contribution is 2.27. The molecule has 0 radical (unpaired) electrons. The molecule has 0 aliphatic rings. The zero-order chi connectivity index (χ0) is 12.1. The van der Waals surface area contributed by atoms with E-state index in [4.69, 9.17) is 4.42 Å². The van der Waals surface area contributed by atoms with Crippen LogP contribution in [0.15, 0.2) is 32.9 Å². The first kappa shape index (κ1) is 11.9. The minimum absolute atomic E-state index is 0.551. The summed E-state index contributed by atoms with van der Waals surface area (Å²) in [6.45, 7) is 4.81. The Morgan fingerprint density at radius 1 is 1.41 bits per heavy atom. The Labute approximate surface area is 104 Å². The third-order valence-electron chi connectivity index (χ3n) is 2.00. The van der Waals surface area contributed by atoms with Gasteiger partial charge in [0.25, 0.3) is 5.22 Å². The van der Waals surface area contributed by atoms with Gasteiger partial charge in [-0.3, -0.25) is 0 Å². The van der Waals surface area contributed by atoms with Crippen LogP contribution in [0.4, 0.5) is 5.82 Å². The molecule has 0 saturated heterocycles. The summed E-state index contributed by atoms with van der Waals surface area (Å²) in [7, 11) is 0. The van der Waals surface area contributed by atoms with Gasteiger partial charge < -0.3 is 9.73 Å². The van der Waals surface area contributed by atoms with E-state index in [0.717, 1.165) is 23.7 Å². The molecule has 0 atom stereocenters. The number of rotatable bonds is 5. The van der Waals surface area contributed by atoms with E-state index in [-0.39, 0.29) is 0 Å². The molecule has 5 nitrogen and oxygen atoms in total. The predicted molar refractivity (Wildman–Crippen MR) is 66.2 cm³/mol. The fourth-order valence-corrected chi connectivity index (χ4v) is 1.99. The molecule has 1 N–H and O–H groups in total. The second-order valence-corrected chi connectivity index (χ2v) is 4.52. The smallest absolute Gasteiger partial charge is 0.281 e. The van der Waals surface area contributed by atoms with E-state index in [0.29, 0.717) is 11.1 Å². The molecule has 0 aliphatic carbocycles. The number of hydrogen-bond acceptors (Lipinski definition) is 6. The standard InChI is InChI=1S/C11H14N4OS/c1-3-5-12-10-7-9(4-6-13-10)17-11-15-14-8(2)16-11/h4,6-7H,3,5H2,1-2H3,(H,12,13). The Morgan fingerprint density at radius 2 is 2.29 bits per heavy atom. The van der Waals surface area contributed by atoms with Gasteiger partial charge >= 0.3 is 0 Å². The molecule has 2 heterocycles. The molecule has 0 aliphatic heterocycles. The lowest BCUT2D eigenvalue weighted by Gasteiger charge is -2.04. The molecule has 0 saturated carbocycles. The fourth-order valence-electron chi connectivity index (χ4n) is 1.24. The second kappa shape index (κ2) is 5.67. The lowest BCUT2D eigenvalue weighted by Crippen LogP contribution is -2.01. The van der Waals surface area contributed by atoms with Crippen LogP contribution in [-0.2, 0) is 0 Å². The molecule has 0 unspecified atom stereocenters. The normalized spacial score (nSPS) is 10.5. The molecule has 0 fully saturated rings. The van der Waals surface area contributed by atoms with Crippen LogP contribution in [0, 0.1) is 6.92 Å². The quantitative estimate of drug-likeness (QED) is 0.880. The average Bonchev–Trinajstić information content (AvgIpc) is 2.73. The molecule has 0 bridgehead atoms. The first-order chi connectivity index (χ1) is 8.28. The molecular weight excluding hydrogens is 236 g/mol. The number of aryl methyl sites for hydroxylation is 1. The third-order valence-corrected chi connectivity index (χ3v) is 2.83. The van der Waals surface area contributed by atoms with Crippen molar-refractivity contribution in [2.24, 2.45) is 0 Å². The summed E-state index contributed by atoms with van der Waals surface area (Å²) in [4.78, 5) is 5.26. The van der Waals surface area contributed by atoms with Gasteiger partial charge in [0, 0.05) is 24.6 Å². The van der Waals surface area contributed by atoms with Crippen molar-refractivity contribution in [3.63, 3.8) is 0 Å². The van der Waals surface area contributed by atoms with Crippen LogP contribution in [0.2, 0.25) is 0 Å². The van der Waals surface area contributed by atoms with Crippen LogP contribution >= 0.6 is 11.8 Å². The summed E-state index contributed by atoms with van der Waals surface area (Å²) in [5, 5.41) is 11.5. The van der Waals surface area contributed by atoms with Crippen LogP contribution in [0.25, 0.3) is 0 Å². The number of pyridine rings is 1. The topological polar surface area (TPSA) is 63.8 Å². The Balaban J connectivity index is 2.05. The van der Waals surface area contributed by atoms with E-state index < -0.39 is 0 Å². The van der Waals surface area contributed by atoms with Crippen LogP contribution < -0.4 is 5.32 Å². The Morgan fingerprint density at radius 3 is 3.00 bits per heavy atom. The van der Waals surface area contributed by atoms with E-state index in [2.05, 4.69) is 27.4 Å². The van der Waals surface area contributed by atoms with Gasteiger partial charge in [-0.15, -0.1) is 10.2 Å². The second-order valence-electron chi connectivity index (χ2n) is 3.49. The van der Waals surface area contributed by atoms with Crippen molar-refractivity contribution >= 4 is 17.6 Å². The maximum Gasteiger partial charge on any atom is 0.281 e. The summed E-state index contributed by atoms with van der Waals surface area (Å²) in [6, 6.07) is 3.89. The monoisotopic (exact) mass is 250 g/mol. The molecular formula is C11H14N4OS. The summed E-state index contributed by atoms with van der Waals surface area (Å²) in [5.41, 5.74) is 0. The summed E-state index contributed by atoms with van der Waals surface area (Å²) in [6.07, 6.45) is 2.84. The number of nitrogens with one attached hydrogen (secondary N) is 1. The number of aromatic nitrogens is 3. The van der Waals surface area contributed by atoms with Gasteiger partial charge in [-0.05, 0) is 30.3 Å². The lowest BCUT2D eigenvalue weighted by molar-refractivity contribution is 0.429. The largest absolute Gasteiger partial charge is 0.416 e. The highest BCUT2D eigenvalue weighted by atomic mass is 32.2. The molecule has 2 aromatic heterocycles. The van der Waals surface area contributed by atoms with Gasteiger partial charge in [0.1, 0.15) is 5.82 Å². The Hall–Kier alpha value is -1.56. The van der Waals surface area contributed by atoms with Crippen LogP contribution in [-0.4, -0.2) is 21.7 Å². The first-order valence-corrected chi connectivity index (χ1v) is 6.27. The van der Waals surface area contributed by atoms with Gasteiger partial charge in [0.15, 0.2) is 0 Å². The molecule has 2 rings (SSSR count). The molecule has 90 valence electrons. The van der Waals surface area contributed by atoms with E-state index in [1.165, 1.54) is 11.8 Å². The summed E-state index contributed by atoms with van der Waals surface area (Å²) in [5.74, 6) is 1.44.